The van der Waals surface area contributed by atoms with Crippen molar-refractivity contribution in [1.82, 2.24) is 10.2 Å². The first-order valence-electron chi connectivity index (χ1n) is 9.06. The molecule has 144 valence electrons. The van der Waals surface area contributed by atoms with Gasteiger partial charge in [-0.2, -0.15) is 0 Å². The average Bonchev–Trinajstić information content (AvgIpc) is 2.99. The maximum atomic E-state index is 12.4. The summed E-state index contributed by atoms with van der Waals surface area (Å²) in [6.07, 6.45) is 0. The van der Waals surface area contributed by atoms with Crippen molar-refractivity contribution >= 4 is 22.9 Å². The summed E-state index contributed by atoms with van der Waals surface area (Å²) in [4.78, 5) is 25.7. The number of carbonyl (C=O) groups is 2. The molecule has 1 aliphatic rings. The van der Waals surface area contributed by atoms with Crippen molar-refractivity contribution in [1.29, 1.82) is 0 Å². The third kappa shape index (κ3) is 5.30. The third-order valence-corrected chi connectivity index (χ3v) is 4.98. The summed E-state index contributed by atoms with van der Waals surface area (Å²) >= 11 is 1.26. The molecule has 0 unspecified atom stereocenters. The summed E-state index contributed by atoms with van der Waals surface area (Å²) in [6, 6.07) is 5.60. The Hall–Kier alpha value is -1.89. The number of rotatable bonds is 9. The number of amides is 2. The van der Waals surface area contributed by atoms with E-state index in [1.54, 1.807) is 4.90 Å². The van der Waals surface area contributed by atoms with Gasteiger partial charge >= 0.3 is 0 Å². The molecular weight excluding hydrogens is 352 g/mol. The average molecular weight is 381 g/mol. The van der Waals surface area contributed by atoms with E-state index in [9.17, 15) is 9.59 Å². The van der Waals surface area contributed by atoms with E-state index in [-0.39, 0.29) is 29.7 Å². The lowest BCUT2D eigenvalue weighted by Gasteiger charge is -2.25. The van der Waals surface area contributed by atoms with Gasteiger partial charge in [-0.15, -0.1) is 0 Å². The van der Waals surface area contributed by atoms with E-state index in [2.05, 4.69) is 19.2 Å². The molecule has 1 aliphatic heterocycles. The van der Waals surface area contributed by atoms with Crippen molar-refractivity contribution < 1.29 is 19.1 Å². The van der Waals surface area contributed by atoms with Gasteiger partial charge in [-0.1, -0.05) is 31.7 Å². The topological polar surface area (TPSA) is 67.9 Å². The molecule has 26 heavy (non-hydrogen) atoms. The van der Waals surface area contributed by atoms with Crippen LogP contribution in [0.3, 0.4) is 0 Å². The number of benzene rings is 1. The van der Waals surface area contributed by atoms with Crippen molar-refractivity contribution in [3.63, 3.8) is 0 Å². The number of nitrogens with zero attached hydrogens (tertiary/aromatic N) is 1. The van der Waals surface area contributed by atoms with Crippen LogP contribution in [0.2, 0.25) is 0 Å². The van der Waals surface area contributed by atoms with Crippen molar-refractivity contribution in [2.75, 3.05) is 32.1 Å². The van der Waals surface area contributed by atoms with Crippen LogP contribution in [0.15, 0.2) is 18.2 Å². The highest BCUT2D eigenvalue weighted by molar-refractivity contribution is 8.13. The Morgan fingerprint density at radius 1 is 1.23 bits per heavy atom. The lowest BCUT2D eigenvalue weighted by atomic mass is 9.95. The Morgan fingerprint density at radius 3 is 2.50 bits per heavy atom. The molecule has 7 heteroatoms. The maximum Gasteiger partial charge on any atom is 0.282 e. The first kappa shape index (κ1) is 20.4. The quantitative estimate of drug-likeness (QED) is 0.710. The van der Waals surface area contributed by atoms with Gasteiger partial charge in [0.1, 0.15) is 6.54 Å². The van der Waals surface area contributed by atoms with Crippen LogP contribution in [0.25, 0.3) is 0 Å². The molecule has 0 aromatic heterocycles. The van der Waals surface area contributed by atoms with Gasteiger partial charge in [-0.3, -0.25) is 9.59 Å². The number of nitrogens with one attached hydrogen (secondary N) is 1. The van der Waals surface area contributed by atoms with Crippen LogP contribution in [0.5, 0.6) is 11.5 Å². The Kier molecular flexibility index (Phi) is 7.63. The zero-order valence-electron chi connectivity index (χ0n) is 15.9. The SMILES string of the molecule is CCOc1ccc([C@@H](NC(=O)CN2CCSC2=O)C(C)C)cc1OCC. The van der Waals surface area contributed by atoms with E-state index in [4.69, 9.17) is 9.47 Å². The van der Waals surface area contributed by atoms with Gasteiger partial charge in [0.15, 0.2) is 11.5 Å². The van der Waals surface area contributed by atoms with Crippen LogP contribution in [0, 0.1) is 5.92 Å². The lowest BCUT2D eigenvalue weighted by molar-refractivity contribution is -0.122. The van der Waals surface area contributed by atoms with Crippen LogP contribution in [-0.4, -0.2) is 48.1 Å². The van der Waals surface area contributed by atoms with E-state index in [1.807, 2.05) is 32.0 Å². The zero-order valence-corrected chi connectivity index (χ0v) is 16.7. The Morgan fingerprint density at radius 2 is 1.92 bits per heavy atom. The molecule has 1 aromatic rings. The number of carbonyl (C=O) groups excluding carboxylic acids is 2. The molecule has 0 radical (unpaired) electrons. The molecule has 1 N–H and O–H groups in total. The lowest BCUT2D eigenvalue weighted by Crippen LogP contribution is -2.40. The minimum atomic E-state index is -0.164. The fraction of sp³-hybridized carbons (Fsp3) is 0.579. The molecule has 0 saturated carbocycles. The number of thioether (sulfide) groups is 1. The highest BCUT2D eigenvalue weighted by Crippen LogP contribution is 2.33. The van der Waals surface area contributed by atoms with E-state index in [0.717, 1.165) is 11.3 Å². The first-order valence-corrected chi connectivity index (χ1v) is 10.0. The van der Waals surface area contributed by atoms with Crippen molar-refractivity contribution in [3.8, 4) is 11.5 Å². The monoisotopic (exact) mass is 380 g/mol. The predicted octanol–water partition coefficient (Wildman–Crippen LogP) is 3.47. The summed E-state index contributed by atoms with van der Waals surface area (Å²) in [5, 5.41) is 3.04. The van der Waals surface area contributed by atoms with Gasteiger partial charge in [-0.05, 0) is 37.5 Å². The van der Waals surface area contributed by atoms with Crippen LogP contribution in [-0.2, 0) is 4.79 Å². The van der Waals surface area contributed by atoms with E-state index < -0.39 is 0 Å². The largest absolute Gasteiger partial charge is 0.490 e. The molecule has 1 heterocycles. The fourth-order valence-electron chi connectivity index (χ4n) is 2.86. The van der Waals surface area contributed by atoms with Gasteiger partial charge in [-0.25, -0.2) is 0 Å². The second-order valence-electron chi connectivity index (χ2n) is 6.40. The van der Waals surface area contributed by atoms with Gasteiger partial charge < -0.3 is 19.7 Å². The molecule has 2 rings (SSSR count). The minimum Gasteiger partial charge on any atom is -0.490 e. The summed E-state index contributed by atoms with van der Waals surface area (Å²) < 4.78 is 11.3. The molecule has 6 nitrogen and oxygen atoms in total. The highest BCUT2D eigenvalue weighted by atomic mass is 32.2. The van der Waals surface area contributed by atoms with E-state index in [0.29, 0.717) is 31.3 Å². The third-order valence-electron chi connectivity index (χ3n) is 4.09. The number of hydrogen-bond acceptors (Lipinski definition) is 5. The first-order chi connectivity index (χ1) is 12.5. The Labute approximate surface area is 159 Å². The van der Waals surface area contributed by atoms with E-state index in [1.165, 1.54) is 11.8 Å². The summed E-state index contributed by atoms with van der Waals surface area (Å²) in [5.41, 5.74) is 0.961. The van der Waals surface area contributed by atoms with Crippen LogP contribution in [0.4, 0.5) is 4.79 Å². The Balaban J connectivity index is 2.14. The summed E-state index contributed by atoms with van der Waals surface area (Å²) in [5.74, 6) is 2.17. The smallest absolute Gasteiger partial charge is 0.282 e. The van der Waals surface area contributed by atoms with Crippen LogP contribution >= 0.6 is 11.8 Å². The van der Waals surface area contributed by atoms with Crippen LogP contribution in [0.1, 0.15) is 39.3 Å². The summed E-state index contributed by atoms with van der Waals surface area (Å²) in [7, 11) is 0. The predicted molar refractivity (Wildman–Crippen MR) is 104 cm³/mol. The normalized spacial score (nSPS) is 15.3. The molecule has 1 atom stereocenters. The van der Waals surface area contributed by atoms with Crippen molar-refractivity contribution in [2.45, 2.75) is 33.7 Å². The highest BCUT2D eigenvalue weighted by Gasteiger charge is 2.26. The second-order valence-corrected chi connectivity index (χ2v) is 7.44. The van der Waals surface area contributed by atoms with Crippen molar-refractivity contribution in [2.24, 2.45) is 5.92 Å². The maximum absolute atomic E-state index is 12.4. The van der Waals surface area contributed by atoms with Gasteiger partial charge in [0.25, 0.3) is 5.24 Å². The molecular formula is C19H28N2O4S. The summed E-state index contributed by atoms with van der Waals surface area (Å²) in [6.45, 7) is 9.79. The molecule has 1 saturated heterocycles. The van der Waals surface area contributed by atoms with Gasteiger partial charge in [0, 0.05) is 12.3 Å². The standard InChI is InChI=1S/C19H28N2O4S/c1-5-24-15-8-7-14(11-16(15)25-6-2)18(13(3)4)20-17(22)12-21-9-10-26-19(21)23/h7-8,11,13,18H,5-6,9-10,12H2,1-4H3,(H,20,22)/t18-/m0/s1. The van der Waals surface area contributed by atoms with Crippen molar-refractivity contribution in [3.05, 3.63) is 23.8 Å². The molecule has 0 spiro atoms. The van der Waals surface area contributed by atoms with Gasteiger partial charge in [0.2, 0.25) is 5.91 Å². The molecule has 1 aromatic carbocycles. The van der Waals surface area contributed by atoms with Gasteiger partial charge in [0.05, 0.1) is 19.3 Å². The van der Waals surface area contributed by atoms with E-state index >= 15 is 0 Å². The second kappa shape index (κ2) is 9.71. The molecule has 2 amide bonds. The molecule has 0 bridgehead atoms. The Bertz CT molecular complexity index is 636. The number of ether oxygens (including phenoxy) is 2. The fourth-order valence-corrected chi connectivity index (χ4v) is 3.68. The minimum absolute atomic E-state index is 0.0269. The van der Waals surface area contributed by atoms with Crippen LogP contribution < -0.4 is 14.8 Å². The molecule has 0 aliphatic carbocycles. The number of hydrogen-bond donors (Lipinski definition) is 1. The molecule has 1 fully saturated rings. The zero-order chi connectivity index (χ0) is 19.1.